The molecule has 1 amide bonds. The zero-order valence-corrected chi connectivity index (χ0v) is 12.7. The molecule has 0 bridgehead atoms. The molecule has 0 aliphatic carbocycles. The van der Waals surface area contributed by atoms with Gasteiger partial charge in [0.2, 0.25) is 5.91 Å². The third kappa shape index (κ3) is 5.77. The zero-order valence-electron chi connectivity index (χ0n) is 12.0. The van der Waals surface area contributed by atoms with Crippen LogP contribution in [0.15, 0.2) is 18.2 Å². The second kappa shape index (κ2) is 8.79. The van der Waals surface area contributed by atoms with Crippen LogP contribution in [0.3, 0.4) is 0 Å². The van der Waals surface area contributed by atoms with E-state index in [0.717, 1.165) is 13.1 Å². The summed E-state index contributed by atoms with van der Waals surface area (Å²) in [5.41, 5.74) is 6.81. The number of hydrogen-bond donors (Lipinski definition) is 2. The number of ether oxygens (including phenoxy) is 1. The number of anilines is 2. The Hall–Kier alpha value is -1.30. The average Bonchev–Trinajstić information content (AvgIpc) is 2.43. The van der Waals surface area contributed by atoms with Crippen LogP contribution in [0.5, 0.6) is 0 Å². The number of likely N-dealkylation sites (N-methyl/N-ethyl adjacent to an activating group) is 1. The first-order valence-electron chi connectivity index (χ1n) is 6.63. The van der Waals surface area contributed by atoms with E-state index in [4.69, 9.17) is 22.1 Å². The monoisotopic (exact) mass is 299 g/mol. The molecule has 1 aromatic carbocycles. The summed E-state index contributed by atoms with van der Waals surface area (Å²) in [5.74, 6) is -0.0393. The molecule has 6 heteroatoms. The van der Waals surface area contributed by atoms with E-state index in [-0.39, 0.29) is 5.91 Å². The Morgan fingerprint density at radius 1 is 1.45 bits per heavy atom. The lowest BCUT2D eigenvalue weighted by Crippen LogP contribution is -2.30. The van der Waals surface area contributed by atoms with Crippen molar-refractivity contribution in [1.82, 2.24) is 4.90 Å². The molecular weight excluding hydrogens is 278 g/mol. The van der Waals surface area contributed by atoms with Gasteiger partial charge in [-0.1, -0.05) is 18.5 Å². The Morgan fingerprint density at radius 2 is 2.20 bits per heavy atom. The second-order valence-electron chi connectivity index (χ2n) is 4.46. The smallest absolute Gasteiger partial charge is 0.225 e. The summed E-state index contributed by atoms with van der Waals surface area (Å²) in [6.07, 6.45) is 0.431. The number of nitrogens with one attached hydrogen (secondary N) is 1. The fourth-order valence-electron chi connectivity index (χ4n) is 1.75. The van der Waals surface area contributed by atoms with Crippen molar-refractivity contribution in [1.29, 1.82) is 0 Å². The molecule has 0 radical (unpaired) electrons. The minimum Gasteiger partial charge on any atom is -0.397 e. The molecule has 0 saturated heterocycles. The number of amides is 1. The maximum atomic E-state index is 11.9. The van der Waals surface area contributed by atoms with Gasteiger partial charge >= 0.3 is 0 Å². The van der Waals surface area contributed by atoms with Gasteiger partial charge in [0.05, 0.1) is 17.3 Å². The number of methoxy groups -OCH3 is 1. The fraction of sp³-hybridized carbons (Fsp3) is 0.500. The number of rotatable bonds is 8. The van der Waals surface area contributed by atoms with Crippen LogP contribution in [-0.2, 0) is 9.53 Å². The van der Waals surface area contributed by atoms with E-state index in [0.29, 0.717) is 36.0 Å². The summed E-state index contributed by atoms with van der Waals surface area (Å²) in [6.45, 7) is 5.16. The lowest BCUT2D eigenvalue weighted by Gasteiger charge is -2.19. The van der Waals surface area contributed by atoms with Crippen LogP contribution in [0.2, 0.25) is 5.02 Å². The zero-order chi connectivity index (χ0) is 15.0. The summed E-state index contributed by atoms with van der Waals surface area (Å²) in [5, 5.41) is 3.30. The van der Waals surface area contributed by atoms with Crippen molar-refractivity contribution in [3.05, 3.63) is 23.2 Å². The maximum absolute atomic E-state index is 11.9. The molecule has 0 aliphatic heterocycles. The minimum atomic E-state index is -0.0393. The van der Waals surface area contributed by atoms with Crippen LogP contribution < -0.4 is 11.1 Å². The largest absolute Gasteiger partial charge is 0.397 e. The summed E-state index contributed by atoms with van der Waals surface area (Å²) < 4.78 is 5.03. The predicted molar refractivity (Wildman–Crippen MR) is 83.1 cm³/mol. The fourth-order valence-corrected chi connectivity index (χ4v) is 1.87. The van der Waals surface area contributed by atoms with Crippen molar-refractivity contribution in [2.75, 3.05) is 44.4 Å². The Labute approximate surface area is 125 Å². The molecule has 0 aromatic heterocycles. The van der Waals surface area contributed by atoms with E-state index < -0.39 is 0 Å². The molecular formula is C14H22ClN3O2. The normalized spacial score (nSPS) is 10.8. The van der Waals surface area contributed by atoms with Crippen LogP contribution in [0.25, 0.3) is 0 Å². The molecule has 3 N–H and O–H groups in total. The van der Waals surface area contributed by atoms with Gasteiger partial charge < -0.3 is 20.7 Å². The molecule has 112 valence electrons. The van der Waals surface area contributed by atoms with Crippen molar-refractivity contribution < 1.29 is 9.53 Å². The van der Waals surface area contributed by atoms with Gasteiger partial charge in [-0.15, -0.1) is 0 Å². The Kier molecular flexibility index (Phi) is 7.36. The predicted octanol–water partition coefficient (Wildman–Crippen LogP) is 2.22. The molecule has 0 heterocycles. The summed E-state index contributed by atoms with van der Waals surface area (Å²) in [4.78, 5) is 14.0. The van der Waals surface area contributed by atoms with Crippen molar-refractivity contribution in [2.24, 2.45) is 0 Å². The van der Waals surface area contributed by atoms with Gasteiger partial charge in [0, 0.05) is 32.3 Å². The van der Waals surface area contributed by atoms with E-state index in [9.17, 15) is 4.79 Å². The maximum Gasteiger partial charge on any atom is 0.225 e. The Balaban J connectivity index is 2.40. The molecule has 5 nitrogen and oxygen atoms in total. The molecule has 1 rings (SSSR count). The quantitative estimate of drug-likeness (QED) is 0.722. The molecule has 0 spiro atoms. The molecule has 1 aromatic rings. The SMILES string of the molecule is CCN(CCOC)CCC(=O)Nc1ccc(Cl)c(N)c1. The van der Waals surface area contributed by atoms with Gasteiger partial charge in [-0.3, -0.25) is 4.79 Å². The van der Waals surface area contributed by atoms with Crippen molar-refractivity contribution in [2.45, 2.75) is 13.3 Å². The molecule has 0 saturated carbocycles. The third-order valence-corrected chi connectivity index (χ3v) is 3.34. The molecule has 0 atom stereocenters. The van der Waals surface area contributed by atoms with E-state index in [1.165, 1.54) is 0 Å². The van der Waals surface area contributed by atoms with Gasteiger partial charge in [0.25, 0.3) is 0 Å². The molecule has 0 aliphatic rings. The lowest BCUT2D eigenvalue weighted by molar-refractivity contribution is -0.116. The number of nitrogen functional groups attached to an aromatic ring is 1. The van der Waals surface area contributed by atoms with Crippen LogP contribution in [0.4, 0.5) is 11.4 Å². The van der Waals surface area contributed by atoms with Gasteiger partial charge in [0.1, 0.15) is 0 Å². The van der Waals surface area contributed by atoms with Crippen molar-refractivity contribution in [3.63, 3.8) is 0 Å². The summed E-state index contributed by atoms with van der Waals surface area (Å²) >= 11 is 5.83. The van der Waals surface area contributed by atoms with Gasteiger partial charge in [-0.2, -0.15) is 0 Å². The van der Waals surface area contributed by atoms with Crippen LogP contribution >= 0.6 is 11.6 Å². The van der Waals surface area contributed by atoms with Gasteiger partial charge in [0.15, 0.2) is 0 Å². The Bertz CT molecular complexity index is 440. The highest BCUT2D eigenvalue weighted by molar-refractivity contribution is 6.33. The van der Waals surface area contributed by atoms with Crippen molar-refractivity contribution >= 4 is 28.9 Å². The van der Waals surface area contributed by atoms with E-state index in [1.54, 1.807) is 25.3 Å². The number of nitrogens with zero attached hydrogens (tertiary/aromatic N) is 1. The highest BCUT2D eigenvalue weighted by Gasteiger charge is 2.07. The van der Waals surface area contributed by atoms with Crippen molar-refractivity contribution in [3.8, 4) is 0 Å². The summed E-state index contributed by atoms with van der Waals surface area (Å²) in [7, 11) is 1.67. The molecule has 0 unspecified atom stereocenters. The third-order valence-electron chi connectivity index (χ3n) is 2.99. The number of halogens is 1. The first kappa shape index (κ1) is 16.8. The first-order valence-corrected chi connectivity index (χ1v) is 7.00. The molecule has 0 fully saturated rings. The first-order chi connectivity index (χ1) is 9.56. The number of carbonyl (C=O) groups excluding carboxylic acids is 1. The summed E-state index contributed by atoms with van der Waals surface area (Å²) in [6, 6.07) is 5.06. The number of nitrogens with two attached hydrogens (primary N) is 1. The number of benzene rings is 1. The topological polar surface area (TPSA) is 67.6 Å². The van der Waals surface area contributed by atoms with E-state index in [2.05, 4.69) is 17.1 Å². The standard InChI is InChI=1S/C14H22ClN3O2/c1-3-18(8-9-20-2)7-6-14(19)17-11-4-5-12(15)13(16)10-11/h4-5,10H,3,6-9,16H2,1-2H3,(H,17,19). The van der Waals surface area contributed by atoms with Crippen LogP contribution in [0.1, 0.15) is 13.3 Å². The highest BCUT2D eigenvalue weighted by atomic mass is 35.5. The van der Waals surface area contributed by atoms with Crippen LogP contribution in [0, 0.1) is 0 Å². The number of hydrogen-bond acceptors (Lipinski definition) is 4. The van der Waals surface area contributed by atoms with E-state index in [1.807, 2.05) is 0 Å². The van der Waals surface area contributed by atoms with Crippen LogP contribution in [-0.4, -0.2) is 44.2 Å². The average molecular weight is 300 g/mol. The van der Waals surface area contributed by atoms with E-state index >= 15 is 0 Å². The van der Waals surface area contributed by atoms with Gasteiger partial charge in [-0.05, 0) is 24.7 Å². The number of carbonyl (C=O) groups is 1. The Morgan fingerprint density at radius 3 is 2.80 bits per heavy atom. The highest BCUT2D eigenvalue weighted by Crippen LogP contribution is 2.22. The van der Waals surface area contributed by atoms with Gasteiger partial charge in [-0.25, -0.2) is 0 Å². The minimum absolute atomic E-state index is 0.0393. The second-order valence-corrected chi connectivity index (χ2v) is 4.87. The lowest BCUT2D eigenvalue weighted by atomic mass is 10.2. The molecule has 20 heavy (non-hydrogen) atoms.